The highest BCUT2D eigenvalue weighted by atomic mass is 19.3. The van der Waals surface area contributed by atoms with Gasteiger partial charge in [0.15, 0.2) is 5.82 Å². The molecule has 1 rings (SSSR count). The monoisotopic (exact) mass is 204 g/mol. The first kappa shape index (κ1) is 10.5. The number of nitrogens with zero attached hydrogens (tertiary/aromatic N) is 1. The number of rotatable bonds is 2. The summed E-state index contributed by atoms with van der Waals surface area (Å²) in [4.78, 5) is 14.2. The van der Waals surface area contributed by atoms with Crippen LogP contribution in [0.3, 0.4) is 0 Å². The molecule has 2 N–H and O–H groups in total. The van der Waals surface area contributed by atoms with Gasteiger partial charge in [0.2, 0.25) is 0 Å². The topological polar surface area (TPSA) is 56.0 Å². The number of carbonyl (C=O) groups is 1. The fourth-order valence-electron chi connectivity index (χ4n) is 1.13. The Hall–Kier alpha value is -1.59. The molecule has 0 bridgehead atoms. The summed E-state index contributed by atoms with van der Waals surface area (Å²) in [5.41, 5.74) is 3.31. The zero-order valence-electron chi connectivity index (χ0n) is 7.22. The Bertz CT molecular complexity index is 379. The highest BCUT2D eigenvalue weighted by Gasteiger charge is 2.23. The van der Waals surface area contributed by atoms with Gasteiger partial charge in [0.1, 0.15) is 0 Å². The molecule has 1 aromatic heterocycles. The van der Waals surface area contributed by atoms with Crippen molar-refractivity contribution in [1.82, 2.24) is 4.98 Å². The number of alkyl halides is 2. The van der Waals surface area contributed by atoms with E-state index in [-0.39, 0.29) is 5.69 Å². The molecule has 76 valence electrons. The van der Waals surface area contributed by atoms with Gasteiger partial charge in [-0.2, -0.15) is 0 Å². The van der Waals surface area contributed by atoms with Crippen molar-refractivity contribution in [1.29, 1.82) is 0 Å². The predicted molar refractivity (Wildman–Crippen MR) is 42.4 cm³/mol. The summed E-state index contributed by atoms with van der Waals surface area (Å²) in [7, 11) is 0. The first-order chi connectivity index (χ1) is 6.45. The number of primary amides is 1. The molecule has 3 nitrogen and oxygen atoms in total. The molecular formula is C8H7F3N2O. The number of carbonyl (C=O) groups excluding carboxylic acids is 1. The molecule has 1 heterocycles. The number of aryl methyl sites for hydroxylation is 1. The van der Waals surface area contributed by atoms with E-state index in [0.29, 0.717) is 6.20 Å². The van der Waals surface area contributed by atoms with Crippen LogP contribution >= 0.6 is 0 Å². The van der Waals surface area contributed by atoms with E-state index in [4.69, 9.17) is 5.73 Å². The van der Waals surface area contributed by atoms with Crippen LogP contribution in [0, 0.1) is 12.7 Å². The standard InChI is InChI=1S/C8H7F3N2O/c1-3-5(8(12)14)6(7(10)11)4(9)2-13-3/h2,7H,1H3,(H2,12,14). The molecule has 0 aliphatic heterocycles. The molecule has 1 aromatic rings. The van der Waals surface area contributed by atoms with Crippen molar-refractivity contribution in [3.8, 4) is 0 Å². The number of aromatic nitrogens is 1. The lowest BCUT2D eigenvalue weighted by atomic mass is 10.1. The van der Waals surface area contributed by atoms with E-state index in [1.807, 2.05) is 0 Å². The fraction of sp³-hybridized carbons (Fsp3) is 0.250. The fourth-order valence-corrected chi connectivity index (χ4v) is 1.13. The Morgan fingerprint density at radius 3 is 2.50 bits per heavy atom. The van der Waals surface area contributed by atoms with Crippen molar-refractivity contribution in [2.75, 3.05) is 0 Å². The molecule has 0 atom stereocenters. The van der Waals surface area contributed by atoms with E-state index in [2.05, 4.69) is 4.98 Å². The Balaban J connectivity index is 3.50. The lowest BCUT2D eigenvalue weighted by molar-refractivity contribution is 0.0981. The van der Waals surface area contributed by atoms with Crippen LogP contribution in [0.25, 0.3) is 0 Å². The third-order valence-electron chi connectivity index (χ3n) is 1.72. The number of hydrogen-bond donors (Lipinski definition) is 1. The Labute approximate surface area is 77.7 Å². The summed E-state index contributed by atoms with van der Waals surface area (Å²) in [6, 6.07) is 0. The smallest absolute Gasteiger partial charge is 0.267 e. The number of pyridine rings is 1. The lowest BCUT2D eigenvalue weighted by Gasteiger charge is -2.08. The number of hydrogen-bond acceptors (Lipinski definition) is 2. The van der Waals surface area contributed by atoms with Crippen LogP contribution in [0.1, 0.15) is 28.0 Å². The largest absolute Gasteiger partial charge is 0.366 e. The molecular weight excluding hydrogens is 197 g/mol. The van der Waals surface area contributed by atoms with E-state index in [9.17, 15) is 18.0 Å². The Morgan fingerprint density at radius 2 is 2.14 bits per heavy atom. The van der Waals surface area contributed by atoms with Gasteiger partial charge >= 0.3 is 0 Å². The van der Waals surface area contributed by atoms with Crippen molar-refractivity contribution in [2.45, 2.75) is 13.3 Å². The van der Waals surface area contributed by atoms with Crippen molar-refractivity contribution in [3.05, 3.63) is 28.8 Å². The van der Waals surface area contributed by atoms with Crippen LogP contribution in [0.5, 0.6) is 0 Å². The number of halogens is 3. The quantitative estimate of drug-likeness (QED) is 0.794. The SMILES string of the molecule is Cc1ncc(F)c(C(F)F)c1C(N)=O. The van der Waals surface area contributed by atoms with Crippen LogP contribution in [0.2, 0.25) is 0 Å². The zero-order chi connectivity index (χ0) is 10.9. The van der Waals surface area contributed by atoms with Gasteiger partial charge in [0.25, 0.3) is 12.3 Å². The van der Waals surface area contributed by atoms with Gasteiger partial charge < -0.3 is 5.73 Å². The first-order valence-electron chi connectivity index (χ1n) is 3.68. The second-order valence-electron chi connectivity index (χ2n) is 2.65. The minimum Gasteiger partial charge on any atom is -0.366 e. The van der Waals surface area contributed by atoms with Crippen molar-refractivity contribution < 1.29 is 18.0 Å². The van der Waals surface area contributed by atoms with Gasteiger partial charge in [-0.25, -0.2) is 13.2 Å². The highest BCUT2D eigenvalue weighted by Crippen LogP contribution is 2.26. The van der Waals surface area contributed by atoms with Crippen LogP contribution in [-0.4, -0.2) is 10.9 Å². The maximum atomic E-state index is 12.9. The third kappa shape index (κ3) is 1.68. The molecule has 0 saturated carbocycles. The predicted octanol–water partition coefficient (Wildman–Crippen LogP) is 1.57. The van der Waals surface area contributed by atoms with E-state index >= 15 is 0 Å². The summed E-state index contributed by atoms with van der Waals surface area (Å²) >= 11 is 0. The van der Waals surface area contributed by atoms with Gasteiger partial charge in [-0.05, 0) is 6.92 Å². The van der Waals surface area contributed by atoms with Gasteiger partial charge in [-0.15, -0.1) is 0 Å². The Kier molecular flexibility index (Phi) is 2.73. The average Bonchev–Trinajstić information content (AvgIpc) is 2.07. The minimum atomic E-state index is -3.08. The summed E-state index contributed by atoms with van der Waals surface area (Å²) in [6.45, 7) is 1.31. The normalized spacial score (nSPS) is 10.6. The molecule has 6 heteroatoms. The van der Waals surface area contributed by atoms with E-state index in [1.165, 1.54) is 6.92 Å². The van der Waals surface area contributed by atoms with Crippen molar-refractivity contribution in [3.63, 3.8) is 0 Å². The van der Waals surface area contributed by atoms with Crippen LogP contribution in [-0.2, 0) is 0 Å². The van der Waals surface area contributed by atoms with Gasteiger partial charge in [-0.3, -0.25) is 9.78 Å². The molecule has 0 aromatic carbocycles. The van der Waals surface area contributed by atoms with E-state index < -0.39 is 29.3 Å². The molecule has 0 saturated heterocycles. The molecule has 0 unspecified atom stereocenters. The van der Waals surface area contributed by atoms with E-state index in [1.54, 1.807) is 0 Å². The maximum Gasteiger partial charge on any atom is 0.267 e. The molecule has 14 heavy (non-hydrogen) atoms. The van der Waals surface area contributed by atoms with E-state index in [0.717, 1.165) is 0 Å². The lowest BCUT2D eigenvalue weighted by Crippen LogP contribution is -2.18. The minimum absolute atomic E-state index is 0.00537. The molecule has 0 aliphatic rings. The number of amides is 1. The van der Waals surface area contributed by atoms with Gasteiger partial charge in [0, 0.05) is 0 Å². The van der Waals surface area contributed by atoms with Crippen molar-refractivity contribution >= 4 is 5.91 Å². The maximum absolute atomic E-state index is 12.9. The summed E-state index contributed by atoms with van der Waals surface area (Å²) in [6.07, 6.45) is -2.44. The van der Waals surface area contributed by atoms with Crippen LogP contribution in [0.15, 0.2) is 6.20 Å². The van der Waals surface area contributed by atoms with Crippen LogP contribution < -0.4 is 5.73 Å². The third-order valence-corrected chi connectivity index (χ3v) is 1.72. The summed E-state index contributed by atoms with van der Waals surface area (Å²) in [5.74, 6) is -2.33. The summed E-state index contributed by atoms with van der Waals surface area (Å²) in [5, 5.41) is 0. The second-order valence-corrected chi connectivity index (χ2v) is 2.65. The molecule has 0 fully saturated rings. The zero-order valence-corrected chi connectivity index (χ0v) is 7.22. The molecule has 1 amide bonds. The average molecular weight is 204 g/mol. The summed E-state index contributed by atoms with van der Waals surface area (Å²) < 4.78 is 37.6. The molecule has 0 spiro atoms. The number of nitrogens with two attached hydrogens (primary N) is 1. The van der Waals surface area contributed by atoms with Gasteiger partial charge in [0.05, 0.1) is 23.0 Å². The molecule has 0 aliphatic carbocycles. The van der Waals surface area contributed by atoms with Gasteiger partial charge in [-0.1, -0.05) is 0 Å². The second kappa shape index (κ2) is 3.65. The van der Waals surface area contributed by atoms with Crippen LogP contribution in [0.4, 0.5) is 13.2 Å². The Morgan fingerprint density at radius 1 is 1.57 bits per heavy atom. The van der Waals surface area contributed by atoms with Crippen molar-refractivity contribution in [2.24, 2.45) is 5.73 Å². The highest BCUT2D eigenvalue weighted by molar-refractivity contribution is 5.95. The molecule has 0 radical (unpaired) electrons. The first-order valence-corrected chi connectivity index (χ1v) is 3.68.